The van der Waals surface area contributed by atoms with Crippen LogP contribution in [0.5, 0.6) is 0 Å². The Hall–Kier alpha value is -3.00. The molecule has 184 valence electrons. The third-order valence-corrected chi connectivity index (χ3v) is 8.02. The molecule has 2 fully saturated rings. The number of anilines is 1. The van der Waals surface area contributed by atoms with Crippen LogP contribution in [-0.2, 0) is 7.05 Å². The van der Waals surface area contributed by atoms with E-state index in [0.29, 0.717) is 29.0 Å². The molecule has 2 saturated heterocycles. The molecule has 2 aliphatic rings. The van der Waals surface area contributed by atoms with Gasteiger partial charge in [0.15, 0.2) is 0 Å². The second kappa shape index (κ2) is 9.57. The number of aryl methyl sites for hydroxylation is 1. The molecule has 8 nitrogen and oxygen atoms in total. The van der Waals surface area contributed by atoms with E-state index in [2.05, 4.69) is 38.0 Å². The number of alkyl halides is 3. The molecule has 0 unspecified atom stereocenters. The zero-order chi connectivity index (χ0) is 24.6. The topological polar surface area (TPSA) is 88.3 Å². The summed E-state index contributed by atoms with van der Waals surface area (Å²) in [5.41, 5.74) is 0.851. The van der Waals surface area contributed by atoms with E-state index in [9.17, 15) is 18.0 Å². The second-order valence-corrected chi connectivity index (χ2v) is 11.0. The van der Waals surface area contributed by atoms with Gasteiger partial charge in [-0.1, -0.05) is 0 Å². The molecule has 3 aromatic heterocycles. The van der Waals surface area contributed by atoms with Crippen LogP contribution in [0.2, 0.25) is 0 Å². The Morgan fingerprint density at radius 3 is 2.89 bits per heavy atom. The van der Waals surface area contributed by atoms with Crippen molar-refractivity contribution in [3.63, 3.8) is 0 Å². The first-order chi connectivity index (χ1) is 16.8. The van der Waals surface area contributed by atoms with Gasteiger partial charge in [-0.05, 0) is 0 Å². The second-order valence-electron chi connectivity index (χ2n) is 8.70. The van der Waals surface area contributed by atoms with E-state index < -0.39 is 20.0 Å². The monoisotopic (exact) mass is 551 g/mol. The standard InChI is InChI=1S/C23H24F3N7OSe/c1-32-13-14(12-28-32)22(34)27-11-3-4-18-21(35-23(24,25)26)19-5-2-6-20(33(19)31-18)30-17-10-8-15-7-9-16(17)29-15/h2,5-6,12-13,15-17,29-30H,7-11H2,1H3,(H,27,34)/t15-,16+,17+/m0/s1. The molecule has 1 amide bonds. The fourth-order valence-electron chi connectivity index (χ4n) is 4.69. The molecule has 2 bridgehead atoms. The van der Waals surface area contributed by atoms with Crippen molar-refractivity contribution in [2.24, 2.45) is 7.05 Å². The van der Waals surface area contributed by atoms with Crippen LogP contribution in [0.3, 0.4) is 0 Å². The molecular formula is C23H24F3N7OSe. The average molecular weight is 550 g/mol. The molecule has 2 aliphatic heterocycles. The number of nitrogens with one attached hydrogen (secondary N) is 3. The Bertz CT molecular complexity index is 1310. The van der Waals surface area contributed by atoms with Crippen LogP contribution >= 0.6 is 0 Å². The third-order valence-electron chi connectivity index (χ3n) is 6.26. The fraction of sp³-hybridized carbons (Fsp3) is 0.435. The van der Waals surface area contributed by atoms with Gasteiger partial charge in [-0.25, -0.2) is 0 Å². The van der Waals surface area contributed by atoms with Gasteiger partial charge in [0.05, 0.1) is 0 Å². The van der Waals surface area contributed by atoms with E-state index >= 15 is 0 Å². The molecule has 35 heavy (non-hydrogen) atoms. The Balaban J connectivity index is 1.39. The van der Waals surface area contributed by atoms with Crippen LogP contribution in [0.25, 0.3) is 5.52 Å². The summed E-state index contributed by atoms with van der Waals surface area (Å²) in [5.74, 6) is 5.79. The first kappa shape index (κ1) is 23.7. The first-order valence-corrected chi connectivity index (χ1v) is 13.0. The van der Waals surface area contributed by atoms with E-state index in [1.54, 1.807) is 25.4 Å². The van der Waals surface area contributed by atoms with Crippen molar-refractivity contribution in [3.8, 4) is 11.8 Å². The number of aromatic nitrogens is 4. The molecular weight excluding hydrogens is 526 g/mol. The Morgan fingerprint density at radius 1 is 1.29 bits per heavy atom. The number of piperidine rings is 1. The van der Waals surface area contributed by atoms with Crippen molar-refractivity contribution in [1.82, 2.24) is 30.0 Å². The van der Waals surface area contributed by atoms with Crippen molar-refractivity contribution >= 4 is 36.7 Å². The quantitative estimate of drug-likeness (QED) is 0.330. The van der Waals surface area contributed by atoms with E-state index in [-0.39, 0.29) is 28.6 Å². The van der Waals surface area contributed by atoms with E-state index in [0.717, 1.165) is 25.7 Å². The number of pyridine rings is 1. The summed E-state index contributed by atoms with van der Waals surface area (Å²) in [7, 11) is 1.70. The third kappa shape index (κ3) is 5.32. The zero-order valence-corrected chi connectivity index (χ0v) is 20.6. The fourth-order valence-corrected chi connectivity index (χ4v) is 6.11. The van der Waals surface area contributed by atoms with Crippen LogP contribution in [-0.4, -0.2) is 70.0 Å². The number of halogens is 3. The normalized spacial score (nSPS) is 21.5. The molecule has 0 aromatic carbocycles. The molecule has 0 saturated carbocycles. The maximum absolute atomic E-state index is 13.4. The summed E-state index contributed by atoms with van der Waals surface area (Å²) < 4.78 is 43.4. The molecule has 0 spiro atoms. The zero-order valence-electron chi connectivity index (χ0n) is 18.9. The molecule has 3 aromatic rings. The summed E-state index contributed by atoms with van der Waals surface area (Å²) in [6.07, 6.45) is 7.31. The Kier molecular flexibility index (Phi) is 6.49. The number of hydrogen-bond donors (Lipinski definition) is 3. The van der Waals surface area contributed by atoms with Gasteiger partial charge >= 0.3 is 206 Å². The minimum absolute atomic E-state index is 0.0260. The van der Waals surface area contributed by atoms with Crippen molar-refractivity contribution in [2.75, 3.05) is 11.9 Å². The predicted octanol–water partition coefficient (Wildman–Crippen LogP) is 1.39. The van der Waals surface area contributed by atoms with E-state index in [4.69, 9.17) is 0 Å². The number of nitrogens with zero attached hydrogens (tertiary/aromatic N) is 4. The van der Waals surface area contributed by atoms with E-state index in [1.165, 1.54) is 15.4 Å². The molecule has 5 rings (SSSR count). The van der Waals surface area contributed by atoms with Gasteiger partial charge in [0.25, 0.3) is 0 Å². The molecule has 3 atom stereocenters. The SMILES string of the molecule is Cn1cc(C(=O)NCC#Cc2nn3c(N[C@@H]4CC[C@@H]5CC[C@H]4N5)cccc3c2[Se]C(F)(F)F)cn1. The van der Waals surface area contributed by atoms with Crippen molar-refractivity contribution in [1.29, 1.82) is 0 Å². The maximum atomic E-state index is 13.4. The van der Waals surface area contributed by atoms with Gasteiger partial charge in [0, 0.05) is 0 Å². The summed E-state index contributed by atoms with van der Waals surface area (Å²) in [4.78, 5) is 12.1. The average Bonchev–Trinajstić information content (AvgIpc) is 3.51. The molecule has 12 heteroatoms. The van der Waals surface area contributed by atoms with Gasteiger partial charge in [-0.15, -0.1) is 0 Å². The number of rotatable bonds is 5. The van der Waals surface area contributed by atoms with Crippen LogP contribution in [0.1, 0.15) is 41.7 Å². The van der Waals surface area contributed by atoms with Crippen molar-refractivity contribution in [2.45, 2.75) is 48.9 Å². The number of carbonyl (C=O) groups excluding carboxylic acids is 1. The summed E-state index contributed by atoms with van der Waals surface area (Å²) in [6.45, 7) is -0.0260. The molecule has 5 heterocycles. The van der Waals surface area contributed by atoms with Crippen LogP contribution in [0.4, 0.5) is 19.0 Å². The number of hydrogen-bond acceptors (Lipinski definition) is 5. The van der Waals surface area contributed by atoms with Crippen LogP contribution in [0.15, 0.2) is 30.6 Å². The number of amides is 1. The first-order valence-electron chi connectivity index (χ1n) is 11.3. The summed E-state index contributed by atoms with van der Waals surface area (Å²) in [6, 6.07) is 6.32. The Morgan fingerprint density at radius 2 is 2.11 bits per heavy atom. The number of carbonyl (C=O) groups is 1. The molecule has 0 aliphatic carbocycles. The predicted molar refractivity (Wildman–Crippen MR) is 126 cm³/mol. The minimum atomic E-state index is -4.35. The van der Waals surface area contributed by atoms with Gasteiger partial charge in [0.2, 0.25) is 0 Å². The van der Waals surface area contributed by atoms with Crippen LogP contribution in [0, 0.1) is 11.8 Å². The summed E-state index contributed by atoms with van der Waals surface area (Å²) in [5, 5.41) is 13.8. The van der Waals surface area contributed by atoms with Crippen molar-refractivity contribution < 1.29 is 18.0 Å². The van der Waals surface area contributed by atoms with Gasteiger partial charge < -0.3 is 0 Å². The van der Waals surface area contributed by atoms with Crippen LogP contribution < -0.4 is 20.4 Å². The van der Waals surface area contributed by atoms with E-state index in [1.807, 2.05) is 6.07 Å². The van der Waals surface area contributed by atoms with Crippen molar-refractivity contribution in [3.05, 3.63) is 41.9 Å². The van der Waals surface area contributed by atoms with Gasteiger partial charge in [-0.3, -0.25) is 0 Å². The number of fused-ring (bicyclic) bond motifs is 3. The van der Waals surface area contributed by atoms with Gasteiger partial charge in [-0.2, -0.15) is 0 Å². The van der Waals surface area contributed by atoms with Gasteiger partial charge in [0.1, 0.15) is 0 Å². The molecule has 3 N–H and O–H groups in total. The summed E-state index contributed by atoms with van der Waals surface area (Å²) >= 11 is -1.82. The molecule has 0 radical (unpaired) electrons. The Labute approximate surface area is 206 Å².